The number of esters is 1. The number of rotatable bonds is 5. The lowest BCUT2D eigenvalue weighted by Gasteiger charge is -2.37. The van der Waals surface area contributed by atoms with Crippen molar-refractivity contribution < 1.29 is 18.7 Å². The van der Waals surface area contributed by atoms with Gasteiger partial charge in [0.25, 0.3) is 0 Å². The van der Waals surface area contributed by atoms with Gasteiger partial charge in [-0.05, 0) is 39.3 Å². The number of benzene rings is 1. The second-order valence-corrected chi connectivity index (χ2v) is 7.56. The molecule has 1 aromatic carbocycles. The summed E-state index contributed by atoms with van der Waals surface area (Å²) in [5, 5.41) is 3.36. The molecule has 1 fully saturated rings. The first-order valence-electron chi connectivity index (χ1n) is 8.72. The Bertz CT molecular complexity index is 601. The van der Waals surface area contributed by atoms with E-state index in [0.29, 0.717) is 11.3 Å². The van der Waals surface area contributed by atoms with Gasteiger partial charge in [-0.2, -0.15) is 0 Å². The summed E-state index contributed by atoms with van der Waals surface area (Å²) in [5.74, 6) is -0.209. The zero-order chi connectivity index (χ0) is 18.6. The average Bonchev–Trinajstić information content (AvgIpc) is 2.51. The Morgan fingerprint density at radius 2 is 2.16 bits per heavy atom. The van der Waals surface area contributed by atoms with E-state index in [1.54, 1.807) is 12.1 Å². The van der Waals surface area contributed by atoms with Crippen LogP contribution >= 0.6 is 0 Å². The van der Waals surface area contributed by atoms with Crippen LogP contribution in [0.3, 0.4) is 0 Å². The highest BCUT2D eigenvalue weighted by Gasteiger charge is 2.33. The first-order valence-corrected chi connectivity index (χ1v) is 8.72. The number of carbonyl (C=O) groups excluding carboxylic acids is 1. The van der Waals surface area contributed by atoms with Gasteiger partial charge in [-0.1, -0.05) is 6.07 Å². The Hall–Kier alpha value is -1.66. The Balaban J connectivity index is 2.23. The van der Waals surface area contributed by atoms with Gasteiger partial charge in [0.15, 0.2) is 0 Å². The third-order valence-electron chi connectivity index (χ3n) is 4.19. The van der Waals surface area contributed by atoms with E-state index >= 15 is 0 Å². The summed E-state index contributed by atoms with van der Waals surface area (Å²) in [5.41, 5.74) is -0.0872. The zero-order valence-corrected chi connectivity index (χ0v) is 15.8. The fraction of sp³-hybridized carbons (Fsp3) is 0.632. The number of nitrogens with zero attached hydrogens (tertiary/aromatic N) is 1. The molecule has 1 aromatic rings. The normalized spacial score (nSPS) is 20.2. The molecular formula is C19H29FN2O3. The third kappa shape index (κ3) is 5.68. The Labute approximate surface area is 149 Å². The Kier molecular flexibility index (Phi) is 6.41. The number of hydrogen-bond donors (Lipinski definition) is 1. The molecule has 0 aliphatic carbocycles. The molecule has 1 aliphatic heterocycles. The quantitative estimate of drug-likeness (QED) is 0.825. The number of carbonyl (C=O) groups is 1. The summed E-state index contributed by atoms with van der Waals surface area (Å²) in [4.78, 5) is 14.9. The van der Waals surface area contributed by atoms with Crippen molar-refractivity contribution >= 4 is 5.97 Å². The molecular weight excluding hydrogens is 323 g/mol. The van der Waals surface area contributed by atoms with Gasteiger partial charge in [0.1, 0.15) is 23.2 Å². The van der Waals surface area contributed by atoms with Crippen LogP contribution in [0.2, 0.25) is 0 Å². The van der Waals surface area contributed by atoms with Crippen LogP contribution in [0.4, 0.5) is 4.39 Å². The molecule has 2 atom stereocenters. The molecule has 5 nitrogen and oxygen atoms in total. The highest BCUT2D eigenvalue weighted by Crippen LogP contribution is 2.21. The van der Waals surface area contributed by atoms with E-state index in [9.17, 15) is 9.18 Å². The average molecular weight is 352 g/mol. The molecule has 0 amide bonds. The van der Waals surface area contributed by atoms with Crippen molar-refractivity contribution in [1.29, 1.82) is 0 Å². The maximum absolute atomic E-state index is 14.4. The first kappa shape index (κ1) is 19.7. The lowest BCUT2D eigenvalue weighted by atomic mass is 10.0. The predicted molar refractivity (Wildman–Crippen MR) is 95.3 cm³/mol. The highest BCUT2D eigenvalue weighted by atomic mass is 19.1. The fourth-order valence-corrected chi connectivity index (χ4v) is 3.01. The maximum atomic E-state index is 14.4. The molecule has 0 saturated carbocycles. The van der Waals surface area contributed by atoms with Crippen LogP contribution in [-0.2, 0) is 16.0 Å². The van der Waals surface area contributed by atoms with Gasteiger partial charge in [-0.15, -0.1) is 0 Å². The van der Waals surface area contributed by atoms with Crippen LogP contribution in [0.5, 0.6) is 5.75 Å². The molecule has 1 heterocycles. The van der Waals surface area contributed by atoms with Crippen LogP contribution < -0.4 is 10.1 Å². The number of ether oxygens (including phenoxy) is 2. The van der Waals surface area contributed by atoms with Crippen LogP contribution in [0.25, 0.3) is 0 Å². The van der Waals surface area contributed by atoms with E-state index in [2.05, 4.69) is 17.1 Å². The number of nitrogens with one attached hydrogen (secondary N) is 1. The topological polar surface area (TPSA) is 50.8 Å². The minimum atomic E-state index is -0.576. The molecule has 6 heteroatoms. The van der Waals surface area contributed by atoms with E-state index in [1.165, 1.54) is 13.2 Å². The summed E-state index contributed by atoms with van der Waals surface area (Å²) in [6.07, 6.45) is 0.275. The van der Waals surface area contributed by atoms with E-state index in [-0.39, 0.29) is 24.2 Å². The molecule has 1 N–H and O–H groups in total. The molecule has 1 saturated heterocycles. The molecule has 140 valence electrons. The molecule has 2 rings (SSSR count). The summed E-state index contributed by atoms with van der Waals surface area (Å²) >= 11 is 0. The van der Waals surface area contributed by atoms with Crippen molar-refractivity contribution in [3.8, 4) is 5.75 Å². The minimum Gasteiger partial charge on any atom is -0.497 e. The van der Waals surface area contributed by atoms with Gasteiger partial charge in [0.2, 0.25) is 0 Å². The van der Waals surface area contributed by atoms with Gasteiger partial charge in [-0.3, -0.25) is 9.69 Å². The fourth-order valence-electron chi connectivity index (χ4n) is 3.01. The van der Waals surface area contributed by atoms with E-state index in [4.69, 9.17) is 9.47 Å². The van der Waals surface area contributed by atoms with Gasteiger partial charge in [0.05, 0.1) is 7.11 Å². The maximum Gasteiger partial charge on any atom is 0.324 e. The monoisotopic (exact) mass is 352 g/mol. The van der Waals surface area contributed by atoms with E-state index in [1.807, 2.05) is 20.8 Å². The number of piperazine rings is 1. The van der Waals surface area contributed by atoms with Crippen LogP contribution in [0, 0.1) is 5.82 Å². The van der Waals surface area contributed by atoms with Crippen molar-refractivity contribution in [2.75, 3.05) is 26.7 Å². The summed E-state index contributed by atoms with van der Waals surface area (Å²) in [6.45, 7) is 9.86. The predicted octanol–water partition coefficient (Wildman–Crippen LogP) is 2.38. The van der Waals surface area contributed by atoms with Gasteiger partial charge in [-0.25, -0.2) is 4.39 Å². The summed E-state index contributed by atoms with van der Waals surface area (Å²) < 4.78 is 25.0. The number of methoxy groups -OCH3 is 1. The second kappa shape index (κ2) is 8.15. The molecule has 2 unspecified atom stereocenters. The molecule has 0 radical (unpaired) electrons. The van der Waals surface area contributed by atoms with Gasteiger partial charge >= 0.3 is 5.97 Å². The molecule has 0 spiro atoms. The number of hydrogen-bond acceptors (Lipinski definition) is 5. The van der Waals surface area contributed by atoms with Crippen molar-refractivity contribution in [3.63, 3.8) is 0 Å². The Morgan fingerprint density at radius 3 is 2.72 bits per heavy atom. The minimum absolute atomic E-state index is 0.275. The second-order valence-electron chi connectivity index (χ2n) is 7.56. The summed E-state index contributed by atoms with van der Waals surface area (Å²) in [7, 11) is 1.50. The van der Waals surface area contributed by atoms with Crippen molar-refractivity contribution in [2.24, 2.45) is 0 Å². The van der Waals surface area contributed by atoms with E-state index < -0.39 is 11.6 Å². The Morgan fingerprint density at radius 1 is 1.44 bits per heavy atom. The number of halogens is 1. The first-order chi connectivity index (χ1) is 11.7. The van der Waals surface area contributed by atoms with Crippen molar-refractivity contribution in [1.82, 2.24) is 10.2 Å². The third-order valence-corrected chi connectivity index (χ3v) is 4.19. The molecule has 0 bridgehead atoms. The van der Waals surface area contributed by atoms with Gasteiger partial charge < -0.3 is 14.8 Å². The summed E-state index contributed by atoms with van der Waals surface area (Å²) in [6, 6.07) is 4.51. The highest BCUT2D eigenvalue weighted by molar-refractivity contribution is 5.76. The molecule has 0 aromatic heterocycles. The lowest BCUT2D eigenvalue weighted by molar-refractivity contribution is -0.162. The van der Waals surface area contributed by atoms with Crippen molar-refractivity contribution in [2.45, 2.75) is 51.8 Å². The van der Waals surface area contributed by atoms with Crippen LogP contribution in [0.15, 0.2) is 18.2 Å². The lowest BCUT2D eigenvalue weighted by Crippen LogP contribution is -2.56. The van der Waals surface area contributed by atoms with Gasteiger partial charge in [0, 0.05) is 38.2 Å². The smallest absolute Gasteiger partial charge is 0.324 e. The zero-order valence-electron chi connectivity index (χ0n) is 15.8. The van der Waals surface area contributed by atoms with Crippen LogP contribution in [-0.4, -0.2) is 55.3 Å². The largest absolute Gasteiger partial charge is 0.497 e. The van der Waals surface area contributed by atoms with Crippen molar-refractivity contribution in [3.05, 3.63) is 29.6 Å². The SMILES string of the molecule is COc1ccc(CC(C(=O)OC(C)(C)C)N2CCNC(C)C2)c(F)c1. The molecule has 25 heavy (non-hydrogen) atoms. The standard InChI is InChI=1S/C19H29FN2O3/c1-13-12-22(9-8-21-13)17(18(23)25-19(2,3)4)10-14-6-7-15(24-5)11-16(14)20/h6-7,11,13,17,21H,8-10,12H2,1-5H3. The van der Waals surface area contributed by atoms with Crippen LogP contribution in [0.1, 0.15) is 33.3 Å². The van der Waals surface area contributed by atoms with E-state index in [0.717, 1.165) is 19.6 Å². The molecule has 1 aliphatic rings.